The third-order valence-electron chi connectivity index (χ3n) is 2.74. The van der Waals surface area contributed by atoms with E-state index in [-0.39, 0.29) is 55.4 Å². The molecule has 0 aliphatic heterocycles. The molecule has 0 radical (unpaired) electrons. The monoisotopic (exact) mass is 312 g/mol. The van der Waals surface area contributed by atoms with E-state index in [1.54, 1.807) is 6.92 Å². The Hall–Kier alpha value is -2.32. The van der Waals surface area contributed by atoms with Gasteiger partial charge in [-0.15, -0.1) is 0 Å². The van der Waals surface area contributed by atoms with Crippen molar-refractivity contribution in [2.45, 2.75) is 6.92 Å². The van der Waals surface area contributed by atoms with Crippen molar-refractivity contribution in [3.63, 3.8) is 0 Å². The summed E-state index contributed by atoms with van der Waals surface area (Å²) in [6.07, 6.45) is 0. The fourth-order valence-electron chi connectivity index (χ4n) is 1.83. The number of aromatic carboxylic acids is 1. The number of nitrogens with one attached hydrogen (secondary N) is 2. The Morgan fingerprint density at radius 3 is 2.00 bits per heavy atom. The largest absolute Gasteiger partial charge is 0.478 e. The van der Waals surface area contributed by atoms with Gasteiger partial charge in [-0.1, -0.05) is 0 Å². The molecule has 1 aromatic rings. The first kappa shape index (κ1) is 17.7. The summed E-state index contributed by atoms with van der Waals surface area (Å²) in [6.45, 7) is 1.79. The number of aliphatic hydroxyl groups is 2. The van der Waals surface area contributed by atoms with Crippen LogP contribution in [0.1, 0.15) is 27.6 Å². The number of ether oxygens (including phenoxy) is 1. The first-order chi connectivity index (χ1) is 10.5. The number of hydrogen-bond donors (Lipinski definition) is 5. The Morgan fingerprint density at radius 2 is 1.55 bits per heavy atom. The first-order valence-corrected chi connectivity index (χ1v) is 6.83. The fraction of sp³-hybridized carbons (Fsp3) is 0.429. The lowest BCUT2D eigenvalue weighted by Gasteiger charge is -2.16. The molecule has 0 aliphatic carbocycles. The van der Waals surface area contributed by atoms with E-state index >= 15 is 0 Å². The maximum Gasteiger partial charge on any atom is 0.340 e. The molecular formula is C14H20N2O6. The average molecular weight is 312 g/mol. The predicted molar refractivity (Wildman–Crippen MR) is 80.5 cm³/mol. The Balaban J connectivity index is 3.29. The fourth-order valence-corrected chi connectivity index (χ4v) is 1.83. The highest BCUT2D eigenvalue weighted by atomic mass is 16.5. The molecule has 0 fully saturated rings. The molecule has 0 unspecified atom stereocenters. The number of carboxylic acid groups (broad SMARTS) is 1. The van der Waals surface area contributed by atoms with Crippen LogP contribution in [0.3, 0.4) is 0 Å². The van der Waals surface area contributed by atoms with Crippen LogP contribution in [0.2, 0.25) is 0 Å². The summed E-state index contributed by atoms with van der Waals surface area (Å²) in [5.41, 5.74) is 0.571. The third kappa shape index (κ3) is 4.61. The van der Waals surface area contributed by atoms with Crippen LogP contribution >= 0.6 is 0 Å². The maximum atomic E-state index is 12.0. The molecule has 0 bridgehead atoms. The number of benzene rings is 1. The van der Waals surface area contributed by atoms with Gasteiger partial charge in [0, 0.05) is 24.5 Å². The summed E-state index contributed by atoms with van der Waals surface area (Å²) in [6, 6.07) is 2.65. The molecule has 0 spiro atoms. The molecular weight excluding hydrogens is 292 g/mol. The second kappa shape index (κ2) is 8.85. The Bertz CT molecular complexity index is 532. The second-order valence-electron chi connectivity index (χ2n) is 4.27. The minimum absolute atomic E-state index is 0.0538. The lowest BCUT2D eigenvalue weighted by atomic mass is 10.1. The van der Waals surface area contributed by atoms with Crippen molar-refractivity contribution >= 4 is 23.3 Å². The SMILES string of the molecule is CCOC(=O)c1cc(NCCO)c(C(=O)O)cc1NCCO. The topological polar surface area (TPSA) is 128 Å². The van der Waals surface area contributed by atoms with Gasteiger partial charge in [0.2, 0.25) is 0 Å². The molecule has 8 heteroatoms. The Kier molecular flexibility index (Phi) is 7.14. The summed E-state index contributed by atoms with van der Waals surface area (Å²) >= 11 is 0. The molecule has 0 amide bonds. The lowest BCUT2D eigenvalue weighted by molar-refractivity contribution is 0.0526. The summed E-state index contributed by atoms with van der Waals surface area (Å²) in [5, 5.41) is 32.5. The van der Waals surface area contributed by atoms with Gasteiger partial charge in [0.05, 0.1) is 30.9 Å². The molecule has 5 N–H and O–H groups in total. The maximum absolute atomic E-state index is 12.0. The Labute approximate surface area is 127 Å². The van der Waals surface area contributed by atoms with Crippen LogP contribution in [0.5, 0.6) is 0 Å². The number of esters is 1. The van der Waals surface area contributed by atoms with Gasteiger partial charge >= 0.3 is 11.9 Å². The van der Waals surface area contributed by atoms with Gasteiger partial charge in [0.15, 0.2) is 0 Å². The molecule has 22 heavy (non-hydrogen) atoms. The van der Waals surface area contributed by atoms with Gasteiger partial charge in [0.25, 0.3) is 0 Å². The van der Waals surface area contributed by atoms with Crippen molar-refractivity contribution in [3.8, 4) is 0 Å². The van der Waals surface area contributed by atoms with Crippen LogP contribution in [-0.4, -0.2) is 60.2 Å². The number of aliphatic hydroxyl groups excluding tert-OH is 2. The zero-order valence-electron chi connectivity index (χ0n) is 12.3. The summed E-state index contributed by atoms with van der Waals surface area (Å²) < 4.78 is 4.94. The van der Waals surface area contributed by atoms with Crippen LogP contribution < -0.4 is 10.6 Å². The van der Waals surface area contributed by atoms with E-state index in [9.17, 15) is 14.7 Å². The number of anilines is 2. The van der Waals surface area contributed by atoms with E-state index in [1.165, 1.54) is 12.1 Å². The highest BCUT2D eigenvalue weighted by Crippen LogP contribution is 2.26. The molecule has 0 atom stereocenters. The van der Waals surface area contributed by atoms with E-state index in [1.807, 2.05) is 0 Å². The normalized spacial score (nSPS) is 10.1. The highest BCUT2D eigenvalue weighted by molar-refractivity contribution is 6.02. The molecule has 122 valence electrons. The first-order valence-electron chi connectivity index (χ1n) is 6.83. The predicted octanol–water partition coefficient (Wildman–Crippen LogP) is 0.370. The minimum atomic E-state index is -1.18. The number of carbonyl (C=O) groups is 2. The van der Waals surface area contributed by atoms with E-state index in [2.05, 4.69) is 10.6 Å². The minimum Gasteiger partial charge on any atom is -0.478 e. The van der Waals surface area contributed by atoms with Gasteiger partial charge in [-0.2, -0.15) is 0 Å². The van der Waals surface area contributed by atoms with Crippen molar-refractivity contribution in [3.05, 3.63) is 23.3 Å². The van der Waals surface area contributed by atoms with E-state index < -0.39 is 11.9 Å². The Morgan fingerprint density at radius 1 is 1.05 bits per heavy atom. The van der Waals surface area contributed by atoms with Crippen LogP contribution in [0.15, 0.2) is 12.1 Å². The van der Waals surface area contributed by atoms with Crippen molar-refractivity contribution in [1.82, 2.24) is 0 Å². The molecule has 0 heterocycles. The zero-order chi connectivity index (χ0) is 16.5. The summed E-state index contributed by atoms with van der Waals surface area (Å²) in [7, 11) is 0. The number of rotatable bonds is 9. The van der Waals surface area contributed by atoms with E-state index in [0.717, 1.165) is 0 Å². The van der Waals surface area contributed by atoms with Crippen LogP contribution in [0.25, 0.3) is 0 Å². The molecule has 0 saturated heterocycles. The van der Waals surface area contributed by atoms with Crippen molar-refractivity contribution in [2.24, 2.45) is 0 Å². The summed E-state index contributed by atoms with van der Waals surface area (Å²) in [5.74, 6) is -1.78. The number of carboxylic acids is 1. The van der Waals surface area contributed by atoms with E-state index in [0.29, 0.717) is 0 Å². The highest BCUT2D eigenvalue weighted by Gasteiger charge is 2.19. The number of hydrogen-bond acceptors (Lipinski definition) is 7. The van der Waals surface area contributed by atoms with Crippen molar-refractivity contribution in [2.75, 3.05) is 43.5 Å². The van der Waals surface area contributed by atoms with Gasteiger partial charge in [-0.25, -0.2) is 9.59 Å². The molecule has 0 aliphatic rings. The van der Waals surface area contributed by atoms with Crippen molar-refractivity contribution < 1.29 is 29.6 Å². The van der Waals surface area contributed by atoms with Crippen molar-refractivity contribution in [1.29, 1.82) is 0 Å². The van der Waals surface area contributed by atoms with E-state index in [4.69, 9.17) is 14.9 Å². The van der Waals surface area contributed by atoms with Gasteiger partial charge in [0.1, 0.15) is 0 Å². The van der Waals surface area contributed by atoms with Crippen LogP contribution in [0.4, 0.5) is 11.4 Å². The molecule has 1 rings (SSSR count). The molecule has 1 aromatic carbocycles. The average Bonchev–Trinajstić information content (AvgIpc) is 2.50. The molecule has 0 saturated carbocycles. The quantitative estimate of drug-likeness (QED) is 0.414. The van der Waals surface area contributed by atoms with Gasteiger partial charge in [-0.3, -0.25) is 0 Å². The zero-order valence-corrected chi connectivity index (χ0v) is 12.3. The van der Waals surface area contributed by atoms with Gasteiger partial charge < -0.3 is 30.7 Å². The number of carbonyl (C=O) groups excluding carboxylic acids is 1. The van der Waals surface area contributed by atoms with Crippen LogP contribution in [-0.2, 0) is 4.74 Å². The molecule has 0 aromatic heterocycles. The summed E-state index contributed by atoms with van der Waals surface area (Å²) in [4.78, 5) is 23.3. The van der Waals surface area contributed by atoms with Gasteiger partial charge in [-0.05, 0) is 19.1 Å². The standard InChI is InChI=1S/C14H20N2O6/c1-2-22-14(21)10-8-11(15-3-5-17)9(13(19)20)7-12(10)16-4-6-18/h7-8,15-18H,2-6H2,1H3,(H,19,20). The second-order valence-corrected chi connectivity index (χ2v) is 4.27. The molecule has 8 nitrogen and oxygen atoms in total. The lowest BCUT2D eigenvalue weighted by Crippen LogP contribution is -2.16. The van der Waals surface area contributed by atoms with Crippen LogP contribution in [0, 0.1) is 0 Å². The third-order valence-corrected chi connectivity index (χ3v) is 2.74. The smallest absolute Gasteiger partial charge is 0.340 e.